The number of carbonyl (C=O) groups excluding carboxylic acids is 4. The molecule has 2 aliphatic heterocycles. The fraction of sp³-hybridized carbons (Fsp3) is 0.273. The molecule has 4 amide bonds. The Kier molecular flexibility index (Phi) is 5.49. The molecule has 0 aliphatic carbocycles. The molecule has 1 fully saturated rings. The Morgan fingerprint density at radius 3 is 2.61 bits per heavy atom. The van der Waals surface area contributed by atoms with Crippen LogP contribution in [0.2, 0.25) is 10.0 Å². The lowest BCUT2D eigenvalue weighted by Gasteiger charge is -2.39. The standard InChI is InChI=1S/C22H19Cl2N3O4/c1-22(7-6-18(28)26-21(22)31)27-11-14-8-12(2-4-15(14)20(27)30)10-25-19(29)13-3-5-16(23)17(24)9-13/h2-5,8-9H,6-7,10-11H2,1H3,(H,25,29)(H,26,28,31). The number of piperidine rings is 1. The Morgan fingerprint density at radius 1 is 1.13 bits per heavy atom. The third-order valence-corrected chi connectivity index (χ3v) is 6.52. The van der Waals surface area contributed by atoms with Crippen molar-refractivity contribution in [2.45, 2.75) is 38.4 Å². The molecular formula is C22H19Cl2N3O4. The van der Waals surface area contributed by atoms with Crippen LogP contribution in [-0.2, 0) is 22.7 Å². The molecular weight excluding hydrogens is 441 g/mol. The molecule has 9 heteroatoms. The van der Waals surface area contributed by atoms with Crippen molar-refractivity contribution in [1.82, 2.24) is 15.5 Å². The van der Waals surface area contributed by atoms with Gasteiger partial charge in [-0.05, 0) is 48.7 Å². The minimum atomic E-state index is -1.08. The van der Waals surface area contributed by atoms with Crippen LogP contribution < -0.4 is 10.6 Å². The summed E-state index contributed by atoms with van der Waals surface area (Å²) in [6.07, 6.45) is 0.471. The van der Waals surface area contributed by atoms with Crippen molar-refractivity contribution in [3.63, 3.8) is 0 Å². The molecule has 7 nitrogen and oxygen atoms in total. The molecule has 2 aromatic carbocycles. The van der Waals surface area contributed by atoms with Crippen LogP contribution in [0.5, 0.6) is 0 Å². The third-order valence-electron chi connectivity index (χ3n) is 5.79. The van der Waals surface area contributed by atoms with Crippen molar-refractivity contribution in [2.24, 2.45) is 0 Å². The number of rotatable bonds is 4. The highest BCUT2D eigenvalue weighted by Crippen LogP contribution is 2.34. The summed E-state index contributed by atoms with van der Waals surface area (Å²) in [5.74, 6) is -1.33. The molecule has 0 radical (unpaired) electrons. The number of nitrogens with zero attached hydrogens (tertiary/aromatic N) is 1. The Labute approximate surface area is 188 Å². The van der Waals surface area contributed by atoms with Gasteiger partial charge in [0.2, 0.25) is 5.91 Å². The SMILES string of the molecule is CC1(N2Cc3cc(CNC(=O)c4ccc(Cl)c(Cl)c4)ccc3C2=O)CCC(=O)NC1=O. The minimum Gasteiger partial charge on any atom is -0.348 e. The molecule has 0 spiro atoms. The number of halogens is 2. The van der Waals surface area contributed by atoms with Gasteiger partial charge in [-0.15, -0.1) is 0 Å². The predicted octanol–water partition coefficient (Wildman–Crippen LogP) is 3.07. The summed E-state index contributed by atoms with van der Waals surface area (Å²) < 4.78 is 0. The number of carbonyl (C=O) groups is 4. The lowest BCUT2D eigenvalue weighted by molar-refractivity contribution is -0.142. The van der Waals surface area contributed by atoms with Crippen molar-refractivity contribution in [1.29, 1.82) is 0 Å². The summed E-state index contributed by atoms with van der Waals surface area (Å²) in [7, 11) is 0. The summed E-state index contributed by atoms with van der Waals surface area (Å²) in [4.78, 5) is 50.8. The molecule has 1 unspecified atom stereocenters. The normalized spacial score (nSPS) is 20.5. The van der Waals surface area contributed by atoms with E-state index in [0.717, 1.165) is 11.1 Å². The summed E-state index contributed by atoms with van der Waals surface area (Å²) in [5, 5.41) is 5.81. The van der Waals surface area contributed by atoms with Gasteiger partial charge in [-0.25, -0.2) is 0 Å². The first-order valence-corrected chi connectivity index (χ1v) is 10.5. The Hall–Kier alpha value is -2.90. The van der Waals surface area contributed by atoms with E-state index in [9.17, 15) is 19.2 Å². The van der Waals surface area contributed by atoms with E-state index in [-0.39, 0.29) is 43.7 Å². The monoisotopic (exact) mass is 459 g/mol. The summed E-state index contributed by atoms with van der Waals surface area (Å²) in [5.41, 5.74) is 1.42. The van der Waals surface area contributed by atoms with E-state index in [1.54, 1.807) is 31.2 Å². The van der Waals surface area contributed by atoms with Crippen molar-refractivity contribution in [2.75, 3.05) is 0 Å². The number of nitrogens with one attached hydrogen (secondary N) is 2. The van der Waals surface area contributed by atoms with Gasteiger partial charge in [-0.2, -0.15) is 0 Å². The number of hydrogen-bond acceptors (Lipinski definition) is 4. The van der Waals surface area contributed by atoms with E-state index < -0.39 is 11.4 Å². The summed E-state index contributed by atoms with van der Waals surface area (Å²) >= 11 is 11.8. The highest BCUT2D eigenvalue weighted by atomic mass is 35.5. The predicted molar refractivity (Wildman–Crippen MR) is 115 cm³/mol. The zero-order chi connectivity index (χ0) is 22.3. The van der Waals surface area contributed by atoms with Gasteiger partial charge in [0, 0.05) is 30.6 Å². The summed E-state index contributed by atoms with van der Waals surface area (Å²) in [6, 6.07) is 9.96. The fourth-order valence-electron chi connectivity index (χ4n) is 3.86. The first kappa shape index (κ1) is 21.3. The number of imide groups is 1. The second-order valence-corrected chi connectivity index (χ2v) is 8.66. The quantitative estimate of drug-likeness (QED) is 0.686. The van der Waals surface area contributed by atoms with Gasteiger partial charge in [0.05, 0.1) is 10.0 Å². The van der Waals surface area contributed by atoms with Crippen molar-refractivity contribution in [3.05, 3.63) is 68.7 Å². The minimum absolute atomic E-state index is 0.189. The van der Waals surface area contributed by atoms with Crippen LogP contribution in [-0.4, -0.2) is 34.1 Å². The fourth-order valence-corrected chi connectivity index (χ4v) is 4.15. The Balaban J connectivity index is 1.47. The molecule has 1 atom stereocenters. The van der Waals surface area contributed by atoms with Gasteiger partial charge in [-0.1, -0.05) is 35.3 Å². The van der Waals surface area contributed by atoms with Crippen molar-refractivity contribution >= 4 is 46.8 Å². The van der Waals surface area contributed by atoms with E-state index in [0.29, 0.717) is 21.2 Å². The van der Waals surface area contributed by atoms with Gasteiger partial charge < -0.3 is 10.2 Å². The number of amides is 4. The molecule has 0 saturated carbocycles. The van der Waals surface area contributed by atoms with Gasteiger partial charge >= 0.3 is 0 Å². The molecule has 31 heavy (non-hydrogen) atoms. The largest absolute Gasteiger partial charge is 0.348 e. The maximum Gasteiger partial charge on any atom is 0.255 e. The van der Waals surface area contributed by atoms with Crippen molar-refractivity contribution < 1.29 is 19.2 Å². The molecule has 2 aliphatic rings. The van der Waals surface area contributed by atoms with Crippen LogP contribution in [0.25, 0.3) is 0 Å². The average molecular weight is 460 g/mol. The van der Waals surface area contributed by atoms with E-state index >= 15 is 0 Å². The second-order valence-electron chi connectivity index (χ2n) is 7.85. The topological polar surface area (TPSA) is 95.6 Å². The Bertz CT molecular complexity index is 1130. The number of hydrogen-bond donors (Lipinski definition) is 2. The van der Waals surface area contributed by atoms with Crippen LogP contribution in [0.15, 0.2) is 36.4 Å². The van der Waals surface area contributed by atoms with E-state index in [1.807, 2.05) is 6.07 Å². The van der Waals surface area contributed by atoms with Crippen LogP contribution in [0.3, 0.4) is 0 Å². The molecule has 2 N–H and O–H groups in total. The van der Waals surface area contributed by atoms with Crippen molar-refractivity contribution in [3.8, 4) is 0 Å². The molecule has 2 heterocycles. The van der Waals surface area contributed by atoms with E-state index in [4.69, 9.17) is 23.2 Å². The van der Waals surface area contributed by atoms with Crippen LogP contribution in [0, 0.1) is 0 Å². The molecule has 1 saturated heterocycles. The zero-order valence-electron chi connectivity index (χ0n) is 16.6. The lowest BCUT2D eigenvalue weighted by Crippen LogP contribution is -2.61. The van der Waals surface area contributed by atoms with Crippen LogP contribution in [0.4, 0.5) is 0 Å². The molecule has 0 bridgehead atoms. The third kappa shape index (κ3) is 3.91. The lowest BCUT2D eigenvalue weighted by atomic mass is 9.89. The van der Waals surface area contributed by atoms with Gasteiger partial charge in [0.1, 0.15) is 5.54 Å². The summed E-state index contributed by atoms with van der Waals surface area (Å²) in [6.45, 7) is 2.20. The average Bonchev–Trinajstić information content (AvgIpc) is 3.08. The molecule has 4 rings (SSSR count). The first-order valence-electron chi connectivity index (χ1n) is 9.70. The van der Waals surface area contributed by atoms with E-state index in [1.165, 1.54) is 11.0 Å². The first-order chi connectivity index (χ1) is 14.7. The zero-order valence-corrected chi connectivity index (χ0v) is 18.1. The van der Waals surface area contributed by atoms with Gasteiger partial charge in [-0.3, -0.25) is 24.5 Å². The van der Waals surface area contributed by atoms with Crippen LogP contribution in [0.1, 0.15) is 51.6 Å². The van der Waals surface area contributed by atoms with Gasteiger partial charge in [0.15, 0.2) is 0 Å². The maximum absolute atomic E-state index is 12.9. The molecule has 160 valence electrons. The molecule has 0 aromatic heterocycles. The van der Waals surface area contributed by atoms with E-state index in [2.05, 4.69) is 10.6 Å². The maximum atomic E-state index is 12.9. The highest BCUT2D eigenvalue weighted by molar-refractivity contribution is 6.42. The van der Waals surface area contributed by atoms with Gasteiger partial charge in [0.25, 0.3) is 17.7 Å². The van der Waals surface area contributed by atoms with Crippen LogP contribution >= 0.6 is 23.2 Å². The smallest absolute Gasteiger partial charge is 0.255 e. The molecule has 2 aromatic rings. The Morgan fingerprint density at radius 2 is 1.90 bits per heavy atom. The number of fused-ring (bicyclic) bond motifs is 1. The highest BCUT2D eigenvalue weighted by Gasteiger charge is 2.48. The number of benzene rings is 2. The second kappa shape index (κ2) is 7.98.